The lowest BCUT2D eigenvalue weighted by molar-refractivity contribution is -0.117. The third-order valence-electron chi connectivity index (χ3n) is 4.94. The third-order valence-corrected chi connectivity index (χ3v) is 4.94. The molecule has 0 radical (unpaired) electrons. The Morgan fingerprint density at radius 2 is 1.86 bits per heavy atom. The van der Waals surface area contributed by atoms with Crippen molar-refractivity contribution in [3.05, 3.63) is 89.1 Å². The summed E-state index contributed by atoms with van der Waals surface area (Å²) < 4.78 is 16.1. The largest absolute Gasteiger partial charge is 0.504 e. The first-order valence-corrected chi connectivity index (χ1v) is 10.8. The SMILES string of the molecule is CCOc1cccc(/C=N\NC(=O)/C(=C\c2ccc3c(c2)OCO3)NC(=O)c2ccccc2)c1O. The Balaban J connectivity index is 1.55. The fraction of sp³-hybridized carbons (Fsp3) is 0.115. The van der Waals surface area contributed by atoms with E-state index >= 15 is 0 Å². The molecule has 178 valence electrons. The summed E-state index contributed by atoms with van der Waals surface area (Å²) in [4.78, 5) is 25.7. The predicted molar refractivity (Wildman–Crippen MR) is 129 cm³/mol. The number of phenolic OH excluding ortho intramolecular Hbond substituents is 1. The smallest absolute Gasteiger partial charge is 0.287 e. The molecule has 1 aliphatic heterocycles. The lowest BCUT2D eigenvalue weighted by atomic mass is 10.1. The molecule has 0 aromatic heterocycles. The van der Waals surface area contributed by atoms with Crippen LogP contribution in [-0.4, -0.2) is 36.5 Å². The molecular weight excluding hydrogens is 450 g/mol. The minimum atomic E-state index is -0.663. The molecule has 0 saturated heterocycles. The molecule has 0 unspecified atom stereocenters. The number of benzene rings is 3. The van der Waals surface area contributed by atoms with Gasteiger partial charge in [-0.05, 0) is 55.0 Å². The van der Waals surface area contributed by atoms with Crippen LogP contribution >= 0.6 is 0 Å². The number of hydrogen-bond acceptors (Lipinski definition) is 7. The molecule has 9 nitrogen and oxygen atoms in total. The number of hydrogen-bond donors (Lipinski definition) is 3. The maximum atomic E-state index is 12.9. The molecule has 3 N–H and O–H groups in total. The van der Waals surface area contributed by atoms with E-state index in [1.807, 2.05) is 0 Å². The van der Waals surface area contributed by atoms with Crippen LogP contribution in [0.4, 0.5) is 0 Å². The van der Waals surface area contributed by atoms with Crippen molar-refractivity contribution >= 4 is 24.1 Å². The number of carbonyl (C=O) groups excluding carboxylic acids is 2. The van der Waals surface area contributed by atoms with Gasteiger partial charge in [-0.25, -0.2) is 5.43 Å². The summed E-state index contributed by atoms with van der Waals surface area (Å²) in [5.74, 6) is 0.223. The van der Waals surface area contributed by atoms with Crippen LogP contribution in [0.2, 0.25) is 0 Å². The Morgan fingerprint density at radius 3 is 2.66 bits per heavy atom. The molecule has 0 spiro atoms. The van der Waals surface area contributed by atoms with Crippen molar-refractivity contribution in [3.63, 3.8) is 0 Å². The van der Waals surface area contributed by atoms with Gasteiger partial charge in [0.25, 0.3) is 11.8 Å². The number of phenols is 1. The number of aromatic hydroxyl groups is 1. The Morgan fingerprint density at radius 1 is 1.06 bits per heavy atom. The van der Waals surface area contributed by atoms with Gasteiger partial charge in [-0.15, -0.1) is 0 Å². The number of rotatable bonds is 8. The maximum Gasteiger partial charge on any atom is 0.287 e. The van der Waals surface area contributed by atoms with E-state index in [0.29, 0.717) is 40.5 Å². The Labute approximate surface area is 201 Å². The van der Waals surface area contributed by atoms with Crippen LogP contribution < -0.4 is 25.0 Å². The van der Waals surface area contributed by atoms with Crippen molar-refractivity contribution in [2.24, 2.45) is 5.10 Å². The van der Waals surface area contributed by atoms with Crippen LogP contribution in [0, 0.1) is 0 Å². The van der Waals surface area contributed by atoms with Gasteiger partial charge < -0.3 is 24.6 Å². The topological polar surface area (TPSA) is 118 Å². The molecule has 0 bridgehead atoms. The number of hydrazone groups is 1. The quantitative estimate of drug-likeness (QED) is 0.262. The molecule has 35 heavy (non-hydrogen) atoms. The van der Waals surface area contributed by atoms with E-state index in [1.54, 1.807) is 73.7 Å². The van der Waals surface area contributed by atoms with Gasteiger partial charge in [-0.1, -0.05) is 30.3 Å². The highest BCUT2D eigenvalue weighted by Gasteiger charge is 2.17. The zero-order valence-electron chi connectivity index (χ0n) is 18.9. The summed E-state index contributed by atoms with van der Waals surface area (Å²) in [5.41, 5.74) is 3.69. The summed E-state index contributed by atoms with van der Waals surface area (Å²) in [6.45, 7) is 2.31. The second-order valence-electron chi connectivity index (χ2n) is 7.32. The first kappa shape index (κ1) is 23.4. The monoisotopic (exact) mass is 473 g/mol. The van der Waals surface area contributed by atoms with Gasteiger partial charge in [0, 0.05) is 11.1 Å². The van der Waals surface area contributed by atoms with Crippen LogP contribution in [0.3, 0.4) is 0 Å². The van der Waals surface area contributed by atoms with E-state index in [2.05, 4.69) is 15.8 Å². The van der Waals surface area contributed by atoms with Crippen molar-refractivity contribution in [1.82, 2.24) is 10.7 Å². The van der Waals surface area contributed by atoms with E-state index in [9.17, 15) is 14.7 Å². The molecule has 3 aromatic carbocycles. The molecular formula is C26H23N3O6. The maximum absolute atomic E-state index is 12.9. The van der Waals surface area contributed by atoms with Crippen molar-refractivity contribution in [2.45, 2.75) is 6.92 Å². The van der Waals surface area contributed by atoms with Crippen molar-refractivity contribution < 1.29 is 28.9 Å². The standard InChI is InChI=1S/C26H23N3O6/c1-2-33-22-10-6-9-19(24(22)30)15-27-29-26(32)20(28-25(31)18-7-4-3-5-8-18)13-17-11-12-21-23(14-17)35-16-34-21/h3-15,30H,2,16H2,1H3,(H,28,31)(H,29,32)/b20-13+,27-15-. The van der Waals surface area contributed by atoms with Crippen LogP contribution in [-0.2, 0) is 4.79 Å². The van der Waals surface area contributed by atoms with E-state index in [-0.39, 0.29) is 18.2 Å². The first-order chi connectivity index (χ1) is 17.0. The Kier molecular flexibility index (Phi) is 7.27. The summed E-state index contributed by atoms with van der Waals surface area (Å²) in [5, 5.41) is 16.8. The Hall–Kier alpha value is -4.79. The van der Waals surface area contributed by atoms with Crippen molar-refractivity contribution in [2.75, 3.05) is 13.4 Å². The molecule has 9 heteroatoms. The molecule has 2 amide bonds. The number of amides is 2. The molecule has 3 aromatic rings. The van der Waals surface area contributed by atoms with E-state index in [0.717, 1.165) is 0 Å². The second kappa shape index (κ2) is 10.9. The number of ether oxygens (including phenoxy) is 3. The molecule has 0 atom stereocenters. The highest BCUT2D eigenvalue weighted by atomic mass is 16.7. The highest BCUT2D eigenvalue weighted by Crippen LogP contribution is 2.33. The summed E-state index contributed by atoms with van der Waals surface area (Å²) in [6, 6.07) is 18.6. The van der Waals surface area contributed by atoms with Gasteiger partial charge in [-0.2, -0.15) is 5.10 Å². The molecule has 4 rings (SSSR count). The zero-order valence-corrected chi connectivity index (χ0v) is 18.9. The fourth-order valence-electron chi connectivity index (χ4n) is 3.25. The lowest BCUT2D eigenvalue weighted by Crippen LogP contribution is -2.32. The number of nitrogens with one attached hydrogen (secondary N) is 2. The number of carbonyl (C=O) groups is 2. The molecule has 0 aliphatic carbocycles. The number of fused-ring (bicyclic) bond motifs is 1. The van der Waals surface area contributed by atoms with Crippen LogP contribution in [0.15, 0.2) is 77.5 Å². The Bertz CT molecular complexity index is 1290. The van der Waals surface area contributed by atoms with Crippen LogP contribution in [0.1, 0.15) is 28.4 Å². The van der Waals surface area contributed by atoms with Gasteiger partial charge in [-0.3, -0.25) is 9.59 Å². The normalized spacial score (nSPS) is 12.4. The van der Waals surface area contributed by atoms with Crippen LogP contribution in [0.25, 0.3) is 6.08 Å². The molecule has 1 heterocycles. The summed E-state index contributed by atoms with van der Waals surface area (Å²) >= 11 is 0. The zero-order chi connectivity index (χ0) is 24.6. The van der Waals surface area contributed by atoms with E-state index in [1.165, 1.54) is 12.3 Å². The molecule has 0 saturated carbocycles. The summed E-state index contributed by atoms with van der Waals surface area (Å²) in [7, 11) is 0. The average Bonchev–Trinajstić information content (AvgIpc) is 3.34. The van der Waals surface area contributed by atoms with Gasteiger partial charge in [0.15, 0.2) is 23.0 Å². The molecule has 0 fully saturated rings. The lowest BCUT2D eigenvalue weighted by Gasteiger charge is -2.10. The van der Waals surface area contributed by atoms with Crippen molar-refractivity contribution in [1.29, 1.82) is 0 Å². The average molecular weight is 473 g/mol. The predicted octanol–water partition coefficient (Wildman–Crippen LogP) is 3.44. The van der Waals surface area contributed by atoms with E-state index < -0.39 is 11.8 Å². The van der Waals surface area contributed by atoms with Crippen LogP contribution in [0.5, 0.6) is 23.0 Å². The highest BCUT2D eigenvalue weighted by molar-refractivity contribution is 6.05. The second-order valence-corrected chi connectivity index (χ2v) is 7.32. The summed E-state index contributed by atoms with van der Waals surface area (Å²) in [6.07, 6.45) is 2.79. The van der Waals surface area contributed by atoms with Gasteiger partial charge >= 0.3 is 0 Å². The number of para-hydroxylation sites is 1. The van der Waals surface area contributed by atoms with Gasteiger partial charge in [0.05, 0.1) is 12.8 Å². The van der Waals surface area contributed by atoms with Gasteiger partial charge in [0.1, 0.15) is 5.70 Å². The minimum absolute atomic E-state index is 0.0397. The number of nitrogens with zero attached hydrogens (tertiary/aromatic N) is 1. The van der Waals surface area contributed by atoms with E-state index in [4.69, 9.17) is 14.2 Å². The molecule has 1 aliphatic rings. The first-order valence-electron chi connectivity index (χ1n) is 10.8. The minimum Gasteiger partial charge on any atom is -0.504 e. The fourth-order valence-corrected chi connectivity index (χ4v) is 3.25. The third kappa shape index (κ3) is 5.77. The van der Waals surface area contributed by atoms with Crippen molar-refractivity contribution in [3.8, 4) is 23.0 Å². The van der Waals surface area contributed by atoms with Gasteiger partial charge in [0.2, 0.25) is 6.79 Å².